The molecule has 0 aromatic carbocycles. The van der Waals surface area contributed by atoms with Crippen LogP contribution in [0.2, 0.25) is 0 Å². The van der Waals surface area contributed by atoms with Crippen molar-refractivity contribution >= 4 is 12.0 Å². The minimum Gasteiger partial charge on any atom is -0.341 e. The molecule has 0 spiro atoms. The maximum atomic E-state index is 12.0. The predicted octanol–water partition coefficient (Wildman–Crippen LogP) is 1.57. The van der Waals surface area contributed by atoms with E-state index in [0.717, 1.165) is 63.1 Å². The van der Waals surface area contributed by atoms with Crippen molar-refractivity contribution in [3.63, 3.8) is 0 Å². The first-order valence-electron chi connectivity index (χ1n) is 9.31. The van der Waals surface area contributed by atoms with Gasteiger partial charge in [0.25, 0.3) is 0 Å². The topological polar surface area (TPSA) is 55.8 Å². The number of aromatic nitrogens is 2. The quantitative estimate of drug-likeness (QED) is 0.832. The van der Waals surface area contributed by atoms with Gasteiger partial charge in [0.05, 0.1) is 5.69 Å². The fourth-order valence-corrected chi connectivity index (χ4v) is 3.54. The van der Waals surface area contributed by atoms with Crippen LogP contribution in [0.4, 0.5) is 10.7 Å². The minimum absolute atomic E-state index is 0.102. The third-order valence-corrected chi connectivity index (χ3v) is 4.95. The average Bonchev–Trinajstić information content (AvgIpc) is 2.62. The Balaban J connectivity index is 1.60. The van der Waals surface area contributed by atoms with Crippen LogP contribution in [0.15, 0.2) is 6.07 Å². The van der Waals surface area contributed by atoms with E-state index >= 15 is 0 Å². The molecule has 0 radical (unpaired) electrons. The largest absolute Gasteiger partial charge is 0.341 e. The molecule has 2 amide bonds. The Morgan fingerprint density at radius 1 is 1.04 bits per heavy atom. The maximum absolute atomic E-state index is 12.0. The number of piperazine rings is 1. The number of nitrogens with zero attached hydrogens (tertiary/aromatic N) is 6. The van der Waals surface area contributed by atoms with E-state index in [1.54, 1.807) is 19.0 Å². The molecule has 0 N–H and O–H groups in total. The normalized spacial score (nSPS) is 19.2. The van der Waals surface area contributed by atoms with Crippen molar-refractivity contribution in [1.82, 2.24) is 24.7 Å². The molecule has 2 aliphatic rings. The van der Waals surface area contributed by atoms with E-state index in [1.165, 1.54) is 19.3 Å². The first-order valence-corrected chi connectivity index (χ1v) is 9.31. The zero-order valence-electron chi connectivity index (χ0n) is 15.7. The Labute approximate surface area is 150 Å². The third kappa shape index (κ3) is 4.60. The highest BCUT2D eigenvalue weighted by molar-refractivity contribution is 5.73. The summed E-state index contributed by atoms with van der Waals surface area (Å²) in [6.07, 6.45) is 3.77. The highest BCUT2D eigenvalue weighted by Crippen LogP contribution is 2.18. The highest BCUT2D eigenvalue weighted by Gasteiger charge is 2.23. The summed E-state index contributed by atoms with van der Waals surface area (Å²) in [5.74, 6) is 0.885. The number of urea groups is 1. The van der Waals surface area contributed by atoms with Crippen molar-refractivity contribution in [1.29, 1.82) is 0 Å². The first-order chi connectivity index (χ1) is 12.0. The van der Waals surface area contributed by atoms with Gasteiger partial charge in [0.2, 0.25) is 5.95 Å². The molecule has 25 heavy (non-hydrogen) atoms. The number of carbonyl (C=O) groups is 1. The Hall–Kier alpha value is -1.89. The van der Waals surface area contributed by atoms with Gasteiger partial charge in [-0.3, -0.25) is 4.90 Å². The van der Waals surface area contributed by atoms with E-state index < -0.39 is 0 Å². The monoisotopic (exact) mass is 346 g/mol. The Morgan fingerprint density at radius 3 is 2.36 bits per heavy atom. The summed E-state index contributed by atoms with van der Waals surface area (Å²) < 4.78 is 0. The highest BCUT2D eigenvalue weighted by atomic mass is 16.2. The van der Waals surface area contributed by atoms with Gasteiger partial charge in [-0.25, -0.2) is 14.8 Å². The van der Waals surface area contributed by atoms with E-state index in [-0.39, 0.29) is 6.03 Å². The summed E-state index contributed by atoms with van der Waals surface area (Å²) in [5.41, 5.74) is 2.12. The fraction of sp³-hybridized carbons (Fsp3) is 0.722. The second-order valence-corrected chi connectivity index (χ2v) is 7.29. The number of carbonyl (C=O) groups excluding carboxylic acids is 1. The molecular formula is C18H30N6O. The summed E-state index contributed by atoms with van der Waals surface area (Å²) >= 11 is 0. The summed E-state index contributed by atoms with van der Waals surface area (Å²) in [4.78, 5) is 29.7. The molecule has 1 aromatic heterocycles. The van der Waals surface area contributed by atoms with Gasteiger partial charge in [-0.1, -0.05) is 0 Å². The van der Waals surface area contributed by atoms with E-state index in [2.05, 4.69) is 20.9 Å². The lowest BCUT2D eigenvalue weighted by atomic mass is 10.1. The SMILES string of the molecule is Cc1cc(CN2CCN(C(=O)N(C)C)CC2)nc(N2CCCCC2)n1. The van der Waals surface area contributed by atoms with Crippen LogP contribution in [-0.2, 0) is 6.54 Å². The van der Waals surface area contributed by atoms with E-state index in [9.17, 15) is 4.79 Å². The average molecular weight is 346 g/mol. The van der Waals surface area contributed by atoms with E-state index in [0.29, 0.717) is 0 Å². The number of aryl methyl sites for hydroxylation is 1. The number of rotatable bonds is 3. The molecule has 0 bridgehead atoms. The van der Waals surface area contributed by atoms with Crippen LogP contribution in [0, 0.1) is 6.92 Å². The van der Waals surface area contributed by atoms with Gasteiger partial charge < -0.3 is 14.7 Å². The molecule has 7 heteroatoms. The zero-order chi connectivity index (χ0) is 17.8. The van der Waals surface area contributed by atoms with Crippen molar-refractivity contribution < 1.29 is 4.79 Å². The fourth-order valence-electron chi connectivity index (χ4n) is 3.54. The molecule has 0 saturated carbocycles. The Kier molecular flexibility index (Phi) is 5.73. The summed E-state index contributed by atoms with van der Waals surface area (Å²) in [5, 5.41) is 0. The van der Waals surface area contributed by atoms with Crippen molar-refractivity contribution in [3.05, 3.63) is 17.5 Å². The zero-order valence-corrected chi connectivity index (χ0v) is 15.7. The molecule has 2 fully saturated rings. The molecule has 0 atom stereocenters. The third-order valence-electron chi connectivity index (χ3n) is 4.95. The lowest BCUT2D eigenvalue weighted by molar-refractivity contribution is 0.119. The van der Waals surface area contributed by atoms with E-state index in [1.807, 2.05) is 11.8 Å². The molecule has 0 unspecified atom stereocenters. The molecule has 2 aliphatic heterocycles. The summed E-state index contributed by atoms with van der Waals surface area (Å²) in [6, 6.07) is 2.19. The van der Waals surface area contributed by atoms with Crippen LogP contribution in [-0.4, -0.2) is 84.1 Å². The van der Waals surface area contributed by atoms with Crippen LogP contribution in [0.5, 0.6) is 0 Å². The van der Waals surface area contributed by atoms with Crippen LogP contribution >= 0.6 is 0 Å². The molecular weight excluding hydrogens is 316 g/mol. The maximum Gasteiger partial charge on any atom is 0.319 e. The second-order valence-electron chi connectivity index (χ2n) is 7.29. The van der Waals surface area contributed by atoms with Gasteiger partial charge in [0.1, 0.15) is 0 Å². The molecule has 1 aromatic rings. The van der Waals surface area contributed by atoms with Crippen LogP contribution < -0.4 is 4.90 Å². The lowest BCUT2D eigenvalue weighted by Crippen LogP contribution is -2.51. The molecule has 7 nitrogen and oxygen atoms in total. The smallest absolute Gasteiger partial charge is 0.319 e. The number of hydrogen-bond acceptors (Lipinski definition) is 5. The molecule has 3 heterocycles. The standard InChI is InChI=1S/C18H30N6O/c1-15-13-16(20-17(19-15)23-7-5-4-6-8-23)14-22-9-11-24(12-10-22)18(25)21(2)3/h13H,4-12,14H2,1-3H3. The number of amides is 2. The van der Waals surface area contributed by atoms with Crippen molar-refractivity contribution in [2.75, 3.05) is 58.3 Å². The number of piperidine rings is 1. The number of anilines is 1. The Morgan fingerprint density at radius 2 is 1.72 bits per heavy atom. The molecule has 0 aliphatic carbocycles. The molecule has 3 rings (SSSR count). The summed E-state index contributed by atoms with van der Waals surface area (Å²) in [6.45, 7) is 8.34. The first kappa shape index (κ1) is 17.9. The van der Waals surface area contributed by atoms with Gasteiger partial charge >= 0.3 is 6.03 Å². The van der Waals surface area contributed by atoms with Crippen molar-refractivity contribution in [3.8, 4) is 0 Å². The van der Waals surface area contributed by atoms with Crippen molar-refractivity contribution in [2.24, 2.45) is 0 Å². The van der Waals surface area contributed by atoms with Crippen LogP contribution in [0.3, 0.4) is 0 Å². The summed E-state index contributed by atoms with van der Waals surface area (Å²) in [7, 11) is 3.61. The van der Waals surface area contributed by atoms with Gasteiger partial charge in [-0.2, -0.15) is 0 Å². The minimum atomic E-state index is 0.102. The molecule has 138 valence electrons. The Bertz CT molecular complexity index is 591. The van der Waals surface area contributed by atoms with Gasteiger partial charge in [0.15, 0.2) is 0 Å². The van der Waals surface area contributed by atoms with Crippen LogP contribution in [0.1, 0.15) is 30.7 Å². The van der Waals surface area contributed by atoms with Crippen LogP contribution in [0.25, 0.3) is 0 Å². The van der Waals surface area contributed by atoms with Gasteiger partial charge in [-0.15, -0.1) is 0 Å². The lowest BCUT2D eigenvalue weighted by Gasteiger charge is -2.36. The van der Waals surface area contributed by atoms with Gasteiger partial charge in [0, 0.05) is 65.6 Å². The van der Waals surface area contributed by atoms with E-state index in [4.69, 9.17) is 4.98 Å². The van der Waals surface area contributed by atoms with Crippen molar-refractivity contribution in [2.45, 2.75) is 32.7 Å². The number of hydrogen-bond donors (Lipinski definition) is 0. The second kappa shape index (κ2) is 7.99. The molecule has 2 saturated heterocycles. The van der Waals surface area contributed by atoms with Gasteiger partial charge in [-0.05, 0) is 32.3 Å². The predicted molar refractivity (Wildman–Crippen MR) is 98.8 cm³/mol.